The number of carbonyl (C=O) groups is 3. The summed E-state index contributed by atoms with van der Waals surface area (Å²) in [5, 5.41) is 13.6. The van der Waals surface area contributed by atoms with E-state index in [9.17, 15) is 14.4 Å². The number of nitrogens with one attached hydrogen (secondary N) is 2. The summed E-state index contributed by atoms with van der Waals surface area (Å²) in [5.41, 5.74) is 4.95. The molecule has 1 atom stereocenters. The van der Waals surface area contributed by atoms with Gasteiger partial charge in [0.15, 0.2) is 0 Å². The van der Waals surface area contributed by atoms with Gasteiger partial charge in [-0.05, 0) is 19.1 Å². The Hall–Kier alpha value is -2.77. The number of amides is 3. The van der Waals surface area contributed by atoms with Gasteiger partial charge in [0.1, 0.15) is 11.8 Å². The summed E-state index contributed by atoms with van der Waals surface area (Å²) in [6, 6.07) is 2.49. The molecule has 0 heterocycles. The highest BCUT2D eigenvalue weighted by atomic mass is 16.5. The van der Waals surface area contributed by atoms with Crippen LogP contribution in [0, 0.1) is 0 Å². The van der Waals surface area contributed by atoms with Crippen LogP contribution in [0.4, 0.5) is 10.5 Å². The molecule has 20 heavy (non-hydrogen) atoms. The van der Waals surface area contributed by atoms with Crippen LogP contribution in [0.1, 0.15) is 17.3 Å². The topological polar surface area (TPSA) is 131 Å². The van der Waals surface area contributed by atoms with Crippen LogP contribution in [0.5, 0.6) is 5.75 Å². The van der Waals surface area contributed by atoms with Gasteiger partial charge in [-0.1, -0.05) is 0 Å². The quantitative estimate of drug-likeness (QED) is 0.620. The number of anilines is 1. The SMILES string of the molecule is COc1ccc(C(=O)O)c(NC(=O)NC(C)C(N)=O)c1. The largest absolute Gasteiger partial charge is 0.497 e. The molecule has 0 saturated carbocycles. The van der Waals surface area contributed by atoms with Crippen molar-refractivity contribution in [2.24, 2.45) is 5.73 Å². The third-order valence-corrected chi connectivity index (χ3v) is 2.48. The van der Waals surface area contributed by atoms with Crippen molar-refractivity contribution in [3.63, 3.8) is 0 Å². The van der Waals surface area contributed by atoms with Crippen LogP contribution < -0.4 is 21.1 Å². The molecule has 8 heteroatoms. The lowest BCUT2D eigenvalue weighted by Crippen LogP contribution is -2.44. The summed E-state index contributed by atoms with van der Waals surface area (Å²) in [6.07, 6.45) is 0. The van der Waals surface area contributed by atoms with Crippen LogP contribution in [0.2, 0.25) is 0 Å². The molecule has 0 aliphatic carbocycles. The minimum absolute atomic E-state index is 0.0472. The predicted octanol–water partition coefficient (Wildman–Crippen LogP) is 0.389. The molecular weight excluding hydrogens is 266 g/mol. The second-order valence-electron chi connectivity index (χ2n) is 3.94. The highest BCUT2D eigenvalue weighted by Gasteiger charge is 2.16. The van der Waals surface area contributed by atoms with Gasteiger partial charge < -0.3 is 26.2 Å². The first-order valence-corrected chi connectivity index (χ1v) is 5.63. The van der Waals surface area contributed by atoms with Crippen LogP contribution >= 0.6 is 0 Å². The van der Waals surface area contributed by atoms with Crippen LogP contribution in [-0.4, -0.2) is 36.2 Å². The molecule has 108 valence electrons. The molecule has 0 aliphatic rings. The van der Waals surface area contributed by atoms with Gasteiger partial charge in [-0.25, -0.2) is 9.59 Å². The fourth-order valence-electron chi connectivity index (χ4n) is 1.37. The minimum atomic E-state index is -1.20. The summed E-state index contributed by atoms with van der Waals surface area (Å²) in [4.78, 5) is 33.5. The molecule has 1 unspecified atom stereocenters. The number of ether oxygens (including phenoxy) is 1. The first-order chi connectivity index (χ1) is 9.35. The zero-order chi connectivity index (χ0) is 15.3. The lowest BCUT2D eigenvalue weighted by molar-refractivity contribution is -0.119. The Balaban J connectivity index is 2.92. The molecule has 3 amide bonds. The average Bonchev–Trinajstić information content (AvgIpc) is 2.37. The van der Waals surface area contributed by atoms with Crippen molar-refractivity contribution in [1.82, 2.24) is 5.32 Å². The van der Waals surface area contributed by atoms with Gasteiger partial charge in [0.25, 0.3) is 0 Å². The lowest BCUT2D eigenvalue weighted by Gasteiger charge is -2.13. The maximum atomic E-state index is 11.6. The zero-order valence-corrected chi connectivity index (χ0v) is 11.0. The van der Waals surface area contributed by atoms with Gasteiger partial charge in [0, 0.05) is 6.07 Å². The first-order valence-electron chi connectivity index (χ1n) is 5.63. The van der Waals surface area contributed by atoms with Gasteiger partial charge in [-0.3, -0.25) is 4.79 Å². The maximum Gasteiger partial charge on any atom is 0.337 e. The second-order valence-corrected chi connectivity index (χ2v) is 3.94. The number of primary amides is 1. The maximum absolute atomic E-state index is 11.6. The van der Waals surface area contributed by atoms with Crippen molar-refractivity contribution < 1.29 is 24.2 Å². The van der Waals surface area contributed by atoms with E-state index in [1.807, 2.05) is 0 Å². The Labute approximate surface area is 114 Å². The van der Waals surface area contributed by atoms with E-state index in [0.29, 0.717) is 5.75 Å². The summed E-state index contributed by atoms with van der Waals surface area (Å²) < 4.78 is 4.95. The van der Waals surface area contributed by atoms with Gasteiger partial charge >= 0.3 is 12.0 Å². The molecule has 0 aliphatic heterocycles. The zero-order valence-electron chi connectivity index (χ0n) is 11.0. The number of benzene rings is 1. The monoisotopic (exact) mass is 281 g/mol. The molecule has 0 spiro atoms. The van der Waals surface area contributed by atoms with Crippen LogP contribution in [0.3, 0.4) is 0 Å². The lowest BCUT2D eigenvalue weighted by atomic mass is 10.1. The fourth-order valence-corrected chi connectivity index (χ4v) is 1.37. The summed E-state index contributed by atoms with van der Waals surface area (Å²) in [6.45, 7) is 1.41. The average molecular weight is 281 g/mol. The highest BCUT2D eigenvalue weighted by molar-refractivity contribution is 6.01. The van der Waals surface area contributed by atoms with Crippen molar-refractivity contribution in [1.29, 1.82) is 0 Å². The normalized spacial score (nSPS) is 11.3. The number of urea groups is 1. The number of methoxy groups -OCH3 is 1. The smallest absolute Gasteiger partial charge is 0.337 e. The molecular formula is C12H15N3O5. The van der Waals surface area contributed by atoms with Crippen molar-refractivity contribution in [3.8, 4) is 5.75 Å². The van der Waals surface area contributed by atoms with Crippen LogP contribution in [-0.2, 0) is 4.79 Å². The third-order valence-electron chi connectivity index (χ3n) is 2.48. The number of rotatable bonds is 5. The number of carboxylic acid groups (broad SMARTS) is 1. The van der Waals surface area contributed by atoms with Gasteiger partial charge in [0.2, 0.25) is 5.91 Å². The first kappa shape index (κ1) is 15.3. The Bertz CT molecular complexity index is 544. The van der Waals surface area contributed by atoms with Crippen molar-refractivity contribution in [2.75, 3.05) is 12.4 Å². The van der Waals surface area contributed by atoms with Crippen LogP contribution in [0.25, 0.3) is 0 Å². The molecule has 5 N–H and O–H groups in total. The highest BCUT2D eigenvalue weighted by Crippen LogP contribution is 2.22. The number of carboxylic acids is 1. The Morgan fingerprint density at radius 2 is 2.00 bits per heavy atom. The number of aromatic carboxylic acids is 1. The van der Waals surface area contributed by atoms with E-state index in [2.05, 4.69) is 10.6 Å². The Morgan fingerprint density at radius 3 is 2.50 bits per heavy atom. The summed E-state index contributed by atoms with van der Waals surface area (Å²) in [5.74, 6) is -1.52. The summed E-state index contributed by atoms with van der Waals surface area (Å²) >= 11 is 0. The van der Waals surface area contributed by atoms with E-state index in [1.54, 1.807) is 0 Å². The third kappa shape index (κ3) is 3.87. The Kier molecular flexibility index (Phi) is 4.90. The molecule has 1 aromatic carbocycles. The molecule has 0 aromatic heterocycles. The van der Waals surface area contributed by atoms with Crippen molar-refractivity contribution >= 4 is 23.6 Å². The second kappa shape index (κ2) is 6.41. The van der Waals surface area contributed by atoms with E-state index in [4.69, 9.17) is 15.6 Å². The molecule has 0 bridgehead atoms. The number of hydrogen-bond acceptors (Lipinski definition) is 4. The van der Waals surface area contributed by atoms with E-state index in [-0.39, 0.29) is 11.3 Å². The number of hydrogen-bond donors (Lipinski definition) is 4. The predicted molar refractivity (Wildman–Crippen MR) is 70.8 cm³/mol. The van der Waals surface area contributed by atoms with E-state index >= 15 is 0 Å². The molecule has 0 saturated heterocycles. The minimum Gasteiger partial charge on any atom is -0.497 e. The number of nitrogens with two attached hydrogens (primary N) is 1. The fraction of sp³-hybridized carbons (Fsp3) is 0.250. The van der Waals surface area contributed by atoms with Crippen molar-refractivity contribution in [3.05, 3.63) is 23.8 Å². The standard InChI is InChI=1S/C12H15N3O5/c1-6(10(13)16)14-12(19)15-9-5-7(20-2)3-4-8(9)11(17)18/h3-6H,1-2H3,(H2,13,16)(H,17,18)(H2,14,15,19). The number of carbonyl (C=O) groups excluding carboxylic acids is 2. The van der Waals surface area contributed by atoms with Crippen LogP contribution in [0.15, 0.2) is 18.2 Å². The molecule has 1 aromatic rings. The van der Waals surface area contributed by atoms with Gasteiger partial charge in [0.05, 0.1) is 18.4 Å². The Morgan fingerprint density at radius 1 is 1.35 bits per heavy atom. The van der Waals surface area contributed by atoms with E-state index in [0.717, 1.165) is 0 Å². The van der Waals surface area contributed by atoms with E-state index in [1.165, 1.54) is 32.2 Å². The molecule has 0 fully saturated rings. The van der Waals surface area contributed by atoms with Crippen molar-refractivity contribution in [2.45, 2.75) is 13.0 Å². The summed E-state index contributed by atoms with van der Waals surface area (Å²) in [7, 11) is 1.41. The molecule has 0 radical (unpaired) electrons. The molecule has 1 rings (SSSR count). The molecule has 8 nitrogen and oxygen atoms in total. The van der Waals surface area contributed by atoms with Gasteiger partial charge in [-0.15, -0.1) is 0 Å². The van der Waals surface area contributed by atoms with E-state index < -0.39 is 23.9 Å². The van der Waals surface area contributed by atoms with Gasteiger partial charge in [-0.2, -0.15) is 0 Å².